The lowest BCUT2D eigenvalue weighted by atomic mass is 9.96. The molecule has 0 spiro atoms. The molecule has 0 amide bonds. The second-order valence-electron chi connectivity index (χ2n) is 5.80. The van der Waals surface area contributed by atoms with E-state index in [1.54, 1.807) is 6.20 Å². The van der Waals surface area contributed by atoms with Crippen LogP contribution in [0, 0.1) is 5.92 Å². The van der Waals surface area contributed by atoms with Crippen LogP contribution in [0.1, 0.15) is 39.3 Å². The third kappa shape index (κ3) is 4.22. The van der Waals surface area contributed by atoms with Crippen LogP contribution in [0.2, 0.25) is 0 Å². The maximum absolute atomic E-state index is 5.79. The van der Waals surface area contributed by atoms with Crippen LogP contribution in [0.4, 0.5) is 5.69 Å². The minimum atomic E-state index is 0.106. The summed E-state index contributed by atoms with van der Waals surface area (Å²) in [7, 11) is 0. The molecule has 1 aromatic heterocycles. The first-order chi connectivity index (χ1) is 10.1. The van der Waals surface area contributed by atoms with Gasteiger partial charge in [-0.15, -0.1) is 0 Å². The first-order valence-electron chi connectivity index (χ1n) is 7.51. The largest absolute Gasteiger partial charge is 0.473 e. The highest BCUT2D eigenvalue weighted by Gasteiger charge is 2.17. The second kappa shape index (κ2) is 7.11. The van der Waals surface area contributed by atoms with E-state index in [4.69, 9.17) is 4.74 Å². The normalized spacial score (nSPS) is 12.5. The van der Waals surface area contributed by atoms with Gasteiger partial charge in [0.2, 0.25) is 5.88 Å². The van der Waals surface area contributed by atoms with Crippen LogP contribution < -0.4 is 10.1 Å². The monoisotopic (exact) mass is 284 g/mol. The zero-order valence-electron chi connectivity index (χ0n) is 13.2. The molecule has 0 saturated carbocycles. The lowest BCUT2D eigenvalue weighted by molar-refractivity contribution is 0.233. The number of benzene rings is 1. The first-order valence-corrected chi connectivity index (χ1v) is 7.51. The van der Waals surface area contributed by atoms with Gasteiger partial charge in [-0.05, 0) is 37.5 Å². The number of ether oxygens (including phenoxy) is 1. The fourth-order valence-electron chi connectivity index (χ4n) is 2.28. The van der Waals surface area contributed by atoms with E-state index in [1.165, 1.54) is 5.56 Å². The molecule has 2 aromatic rings. The molecule has 0 radical (unpaired) electrons. The Morgan fingerprint density at radius 1 is 0.952 bits per heavy atom. The maximum atomic E-state index is 5.79. The quantitative estimate of drug-likeness (QED) is 0.836. The lowest BCUT2D eigenvalue weighted by Crippen LogP contribution is -2.18. The lowest BCUT2D eigenvalue weighted by Gasteiger charge is -2.25. The van der Waals surface area contributed by atoms with Gasteiger partial charge >= 0.3 is 0 Å². The molecule has 3 nitrogen and oxygen atoms in total. The van der Waals surface area contributed by atoms with Gasteiger partial charge in [0.25, 0.3) is 0 Å². The minimum Gasteiger partial charge on any atom is -0.473 e. The summed E-state index contributed by atoms with van der Waals surface area (Å²) >= 11 is 0. The van der Waals surface area contributed by atoms with E-state index in [9.17, 15) is 0 Å². The third-order valence-electron chi connectivity index (χ3n) is 3.25. The van der Waals surface area contributed by atoms with Gasteiger partial charge in [0.1, 0.15) is 0 Å². The van der Waals surface area contributed by atoms with Gasteiger partial charge in [0.15, 0.2) is 0 Å². The predicted octanol–water partition coefficient (Wildman–Crippen LogP) is 4.68. The Balaban J connectivity index is 2.26. The topological polar surface area (TPSA) is 34.1 Å². The molecule has 0 aliphatic carbocycles. The molecule has 1 heterocycles. The average molecular weight is 284 g/mol. The molecule has 2 rings (SSSR count). The SMILES string of the molecule is CC(C)Oc1ncccc1NC(c1ccccc1)C(C)C. The molecule has 0 aliphatic rings. The molecule has 1 N–H and O–H groups in total. The zero-order chi connectivity index (χ0) is 15.2. The molecular formula is C18H24N2O. The van der Waals surface area contributed by atoms with Crippen molar-refractivity contribution in [3.63, 3.8) is 0 Å². The summed E-state index contributed by atoms with van der Waals surface area (Å²) in [6.07, 6.45) is 1.87. The maximum Gasteiger partial charge on any atom is 0.237 e. The van der Waals surface area contributed by atoms with E-state index in [2.05, 4.69) is 48.4 Å². The van der Waals surface area contributed by atoms with Crippen LogP contribution in [0.15, 0.2) is 48.7 Å². The summed E-state index contributed by atoms with van der Waals surface area (Å²) in [5.74, 6) is 1.12. The first kappa shape index (κ1) is 15.4. The summed E-state index contributed by atoms with van der Waals surface area (Å²) < 4.78 is 5.79. The minimum absolute atomic E-state index is 0.106. The number of nitrogens with one attached hydrogen (secondary N) is 1. The number of aromatic nitrogens is 1. The van der Waals surface area contributed by atoms with Gasteiger partial charge in [-0.3, -0.25) is 0 Å². The highest BCUT2D eigenvalue weighted by molar-refractivity contribution is 5.53. The summed E-state index contributed by atoms with van der Waals surface area (Å²) in [6.45, 7) is 8.44. The van der Waals surface area contributed by atoms with E-state index < -0.39 is 0 Å². The van der Waals surface area contributed by atoms with E-state index in [0.717, 1.165) is 5.69 Å². The molecule has 112 valence electrons. The highest BCUT2D eigenvalue weighted by Crippen LogP contribution is 2.30. The number of nitrogens with zero attached hydrogens (tertiary/aromatic N) is 1. The van der Waals surface area contributed by atoms with Crippen molar-refractivity contribution >= 4 is 5.69 Å². The summed E-state index contributed by atoms with van der Waals surface area (Å²) in [5, 5.41) is 3.58. The molecule has 1 aromatic carbocycles. The van der Waals surface area contributed by atoms with E-state index in [-0.39, 0.29) is 12.1 Å². The van der Waals surface area contributed by atoms with Crippen LogP contribution in [0.25, 0.3) is 0 Å². The van der Waals surface area contributed by atoms with Gasteiger partial charge in [-0.2, -0.15) is 0 Å². The number of hydrogen-bond acceptors (Lipinski definition) is 3. The van der Waals surface area contributed by atoms with E-state index >= 15 is 0 Å². The van der Waals surface area contributed by atoms with Crippen molar-refractivity contribution < 1.29 is 4.74 Å². The van der Waals surface area contributed by atoms with Gasteiger partial charge in [-0.1, -0.05) is 44.2 Å². The van der Waals surface area contributed by atoms with Crippen molar-refractivity contribution in [3.05, 3.63) is 54.2 Å². The molecule has 0 saturated heterocycles. The average Bonchev–Trinajstić information content (AvgIpc) is 2.46. The Hall–Kier alpha value is -2.03. The fourth-order valence-corrected chi connectivity index (χ4v) is 2.28. The van der Waals surface area contributed by atoms with Crippen molar-refractivity contribution in [1.82, 2.24) is 4.98 Å². The van der Waals surface area contributed by atoms with E-state index in [1.807, 2.05) is 32.0 Å². The molecular weight excluding hydrogens is 260 g/mol. The number of rotatable bonds is 6. The van der Waals surface area contributed by atoms with Crippen LogP contribution >= 0.6 is 0 Å². The molecule has 1 unspecified atom stereocenters. The number of anilines is 1. The second-order valence-corrected chi connectivity index (χ2v) is 5.80. The Labute approximate surface area is 127 Å². The number of hydrogen-bond donors (Lipinski definition) is 1. The molecule has 21 heavy (non-hydrogen) atoms. The Bertz CT molecular complexity index is 552. The van der Waals surface area contributed by atoms with Crippen molar-refractivity contribution in [3.8, 4) is 5.88 Å². The fraction of sp³-hybridized carbons (Fsp3) is 0.389. The zero-order valence-corrected chi connectivity index (χ0v) is 13.2. The Morgan fingerprint density at radius 3 is 2.29 bits per heavy atom. The van der Waals surface area contributed by atoms with Gasteiger partial charge < -0.3 is 10.1 Å². The molecule has 3 heteroatoms. The molecule has 0 fully saturated rings. The van der Waals surface area contributed by atoms with Gasteiger partial charge in [-0.25, -0.2) is 4.98 Å². The molecule has 1 atom stereocenters. The Kier molecular flexibility index (Phi) is 5.20. The predicted molar refractivity (Wildman–Crippen MR) is 87.6 cm³/mol. The van der Waals surface area contributed by atoms with Crippen LogP contribution in [-0.4, -0.2) is 11.1 Å². The highest BCUT2D eigenvalue weighted by atomic mass is 16.5. The molecule has 0 aliphatic heterocycles. The summed E-state index contributed by atoms with van der Waals surface area (Å²) in [4.78, 5) is 4.34. The summed E-state index contributed by atoms with van der Waals surface area (Å²) in [6, 6.07) is 14.7. The standard InChI is InChI=1S/C18H24N2O/c1-13(2)17(15-9-6-5-7-10-15)20-16-11-8-12-19-18(16)21-14(3)4/h5-14,17,20H,1-4H3. The van der Waals surface area contributed by atoms with Crippen molar-refractivity contribution in [1.29, 1.82) is 0 Å². The molecule has 0 bridgehead atoms. The van der Waals surface area contributed by atoms with Crippen molar-refractivity contribution in [2.45, 2.75) is 39.8 Å². The number of pyridine rings is 1. The third-order valence-corrected chi connectivity index (χ3v) is 3.25. The van der Waals surface area contributed by atoms with Crippen LogP contribution in [-0.2, 0) is 0 Å². The van der Waals surface area contributed by atoms with E-state index in [0.29, 0.717) is 11.8 Å². The summed E-state index contributed by atoms with van der Waals surface area (Å²) in [5.41, 5.74) is 2.21. The van der Waals surface area contributed by atoms with Crippen molar-refractivity contribution in [2.24, 2.45) is 5.92 Å². The van der Waals surface area contributed by atoms with Gasteiger partial charge in [0.05, 0.1) is 17.8 Å². The van der Waals surface area contributed by atoms with Crippen LogP contribution in [0.3, 0.4) is 0 Å². The Morgan fingerprint density at radius 2 is 1.67 bits per heavy atom. The van der Waals surface area contributed by atoms with Gasteiger partial charge in [0, 0.05) is 6.20 Å². The van der Waals surface area contributed by atoms with Crippen molar-refractivity contribution in [2.75, 3.05) is 5.32 Å². The van der Waals surface area contributed by atoms with Crippen LogP contribution in [0.5, 0.6) is 5.88 Å². The smallest absolute Gasteiger partial charge is 0.237 e.